The summed E-state index contributed by atoms with van der Waals surface area (Å²) in [5, 5.41) is 0. The summed E-state index contributed by atoms with van der Waals surface area (Å²) < 4.78 is 27.3. The summed E-state index contributed by atoms with van der Waals surface area (Å²) >= 11 is 1.28. The first-order valence-electron chi connectivity index (χ1n) is 9.46. The molecule has 150 valence electrons. The van der Waals surface area contributed by atoms with Crippen molar-refractivity contribution in [2.45, 2.75) is 37.3 Å². The number of amides is 2. The van der Waals surface area contributed by atoms with Gasteiger partial charge in [-0.25, -0.2) is 8.42 Å². The summed E-state index contributed by atoms with van der Waals surface area (Å²) in [5.74, 6) is -0.0281. The van der Waals surface area contributed by atoms with Gasteiger partial charge >= 0.3 is 0 Å². The molecule has 2 aliphatic rings. The van der Waals surface area contributed by atoms with Crippen molar-refractivity contribution in [1.82, 2.24) is 14.1 Å². The second kappa shape index (κ2) is 8.28. The number of nitrogens with zero attached hydrogens (tertiary/aromatic N) is 3. The first kappa shape index (κ1) is 20.3. The maximum atomic E-state index is 12.9. The second-order valence-corrected chi connectivity index (χ2v) is 10.6. The number of piperidine rings is 1. The van der Waals surface area contributed by atoms with Gasteiger partial charge in [-0.3, -0.25) is 9.59 Å². The average molecular weight is 414 g/mol. The van der Waals surface area contributed by atoms with E-state index in [1.807, 2.05) is 19.9 Å². The quantitative estimate of drug-likeness (QED) is 0.750. The van der Waals surface area contributed by atoms with Crippen LogP contribution in [0.4, 0.5) is 0 Å². The number of piperazine rings is 1. The Hall–Kier alpha value is -1.45. The van der Waals surface area contributed by atoms with Crippen LogP contribution in [0.2, 0.25) is 0 Å². The van der Waals surface area contributed by atoms with Crippen LogP contribution in [0, 0.1) is 12.8 Å². The van der Waals surface area contributed by atoms with Gasteiger partial charge in [0.1, 0.15) is 4.21 Å². The Bertz CT molecular complexity index is 797. The molecule has 0 N–H and O–H groups in total. The van der Waals surface area contributed by atoms with E-state index in [-0.39, 0.29) is 17.7 Å². The van der Waals surface area contributed by atoms with Crippen molar-refractivity contribution >= 4 is 33.2 Å². The zero-order chi connectivity index (χ0) is 19.6. The van der Waals surface area contributed by atoms with Crippen molar-refractivity contribution in [1.29, 1.82) is 0 Å². The van der Waals surface area contributed by atoms with Crippen molar-refractivity contribution in [2.24, 2.45) is 5.92 Å². The van der Waals surface area contributed by atoms with E-state index < -0.39 is 10.0 Å². The van der Waals surface area contributed by atoms with Crippen molar-refractivity contribution < 1.29 is 18.0 Å². The maximum absolute atomic E-state index is 12.9. The van der Waals surface area contributed by atoms with Gasteiger partial charge in [-0.05, 0) is 31.9 Å². The smallest absolute Gasteiger partial charge is 0.252 e. The topological polar surface area (TPSA) is 78.0 Å². The molecule has 1 aromatic heterocycles. The number of hydrogen-bond acceptors (Lipinski definition) is 5. The molecule has 0 bridgehead atoms. The van der Waals surface area contributed by atoms with Crippen molar-refractivity contribution in [3.8, 4) is 0 Å². The normalized spacial score (nSPS) is 22.1. The van der Waals surface area contributed by atoms with Gasteiger partial charge in [0.2, 0.25) is 11.8 Å². The zero-order valence-electron chi connectivity index (χ0n) is 15.9. The monoisotopic (exact) mass is 413 g/mol. The van der Waals surface area contributed by atoms with E-state index in [0.29, 0.717) is 43.4 Å². The molecule has 2 aliphatic heterocycles. The Morgan fingerprint density at radius 3 is 2.41 bits per heavy atom. The summed E-state index contributed by atoms with van der Waals surface area (Å²) in [7, 11) is -3.48. The summed E-state index contributed by atoms with van der Waals surface area (Å²) in [4.78, 5) is 29.3. The largest absolute Gasteiger partial charge is 0.342 e. The number of thiophene rings is 1. The predicted molar refractivity (Wildman–Crippen MR) is 104 cm³/mol. The minimum absolute atomic E-state index is 0.0487. The molecule has 0 aliphatic carbocycles. The Balaban J connectivity index is 1.58. The van der Waals surface area contributed by atoms with Crippen LogP contribution in [-0.4, -0.2) is 73.6 Å². The van der Waals surface area contributed by atoms with Crippen LogP contribution in [0.1, 0.15) is 31.1 Å². The molecule has 1 unspecified atom stereocenters. The number of likely N-dealkylation sites (tertiary alicyclic amines) is 1. The lowest BCUT2D eigenvalue weighted by Gasteiger charge is -2.38. The standard InChI is InChI=1S/C18H27N3O4S2/c1-3-16(22)20-8-4-5-15(13-20)18(23)19-9-11-21(12-10-19)27(24,25)17-7-6-14(2)26-17/h6-7,15H,3-5,8-13H2,1-2H3. The molecule has 0 spiro atoms. The molecule has 2 amide bonds. The molecule has 0 aromatic carbocycles. The summed E-state index contributed by atoms with van der Waals surface area (Å²) in [5.41, 5.74) is 0. The van der Waals surface area contributed by atoms with E-state index in [2.05, 4.69) is 0 Å². The molecule has 2 fully saturated rings. The van der Waals surface area contributed by atoms with Gasteiger partial charge in [-0.2, -0.15) is 4.31 Å². The molecule has 7 nitrogen and oxygen atoms in total. The lowest BCUT2D eigenvalue weighted by molar-refractivity contribution is -0.141. The lowest BCUT2D eigenvalue weighted by atomic mass is 9.96. The second-order valence-electron chi connectivity index (χ2n) is 7.13. The number of hydrogen-bond donors (Lipinski definition) is 0. The SMILES string of the molecule is CCC(=O)N1CCCC(C(=O)N2CCN(S(=O)(=O)c3ccc(C)s3)CC2)C1. The molecule has 27 heavy (non-hydrogen) atoms. The number of carbonyl (C=O) groups excluding carboxylic acids is 2. The molecule has 3 heterocycles. The Morgan fingerprint density at radius 2 is 1.81 bits per heavy atom. The summed E-state index contributed by atoms with van der Waals surface area (Å²) in [6.45, 7) is 6.37. The number of sulfonamides is 1. The Labute approximate surface area is 165 Å². The lowest BCUT2D eigenvalue weighted by Crippen LogP contribution is -2.53. The minimum Gasteiger partial charge on any atom is -0.342 e. The third kappa shape index (κ3) is 4.35. The van der Waals surface area contributed by atoms with Crippen LogP contribution < -0.4 is 0 Å². The zero-order valence-corrected chi connectivity index (χ0v) is 17.5. The molecule has 0 radical (unpaired) electrons. The third-order valence-corrected chi connectivity index (χ3v) is 8.65. The molecule has 2 saturated heterocycles. The predicted octanol–water partition coefficient (Wildman–Crippen LogP) is 1.54. The molecular formula is C18H27N3O4S2. The van der Waals surface area contributed by atoms with Gasteiger partial charge in [-0.15, -0.1) is 11.3 Å². The molecule has 9 heteroatoms. The highest BCUT2D eigenvalue weighted by molar-refractivity contribution is 7.91. The summed E-state index contributed by atoms with van der Waals surface area (Å²) in [6, 6.07) is 3.46. The van der Waals surface area contributed by atoms with Crippen LogP contribution >= 0.6 is 11.3 Å². The molecule has 1 atom stereocenters. The van der Waals surface area contributed by atoms with E-state index in [4.69, 9.17) is 0 Å². The highest BCUT2D eigenvalue weighted by Crippen LogP contribution is 2.26. The van der Waals surface area contributed by atoms with Crippen LogP contribution in [0.15, 0.2) is 16.3 Å². The van der Waals surface area contributed by atoms with Gasteiger partial charge < -0.3 is 9.80 Å². The fourth-order valence-electron chi connectivity index (χ4n) is 3.71. The van der Waals surface area contributed by atoms with Crippen LogP contribution in [0.5, 0.6) is 0 Å². The van der Waals surface area contributed by atoms with Gasteiger partial charge in [0.15, 0.2) is 0 Å². The number of carbonyl (C=O) groups is 2. The van der Waals surface area contributed by atoms with E-state index in [9.17, 15) is 18.0 Å². The highest BCUT2D eigenvalue weighted by Gasteiger charge is 2.35. The van der Waals surface area contributed by atoms with E-state index >= 15 is 0 Å². The Kier molecular flexibility index (Phi) is 6.22. The fourth-order valence-corrected chi connectivity index (χ4v) is 6.57. The molecule has 0 saturated carbocycles. The van der Waals surface area contributed by atoms with Crippen molar-refractivity contribution in [2.75, 3.05) is 39.3 Å². The van der Waals surface area contributed by atoms with Gasteiger partial charge in [0.25, 0.3) is 10.0 Å². The molecule has 1 aromatic rings. The maximum Gasteiger partial charge on any atom is 0.252 e. The first-order chi connectivity index (χ1) is 12.8. The fraction of sp³-hybridized carbons (Fsp3) is 0.667. The Morgan fingerprint density at radius 1 is 1.11 bits per heavy atom. The molecular weight excluding hydrogens is 386 g/mol. The minimum atomic E-state index is -3.48. The highest BCUT2D eigenvalue weighted by atomic mass is 32.2. The van der Waals surface area contributed by atoms with Crippen LogP contribution in [0.3, 0.4) is 0 Å². The van der Waals surface area contributed by atoms with E-state index in [0.717, 1.165) is 24.3 Å². The average Bonchev–Trinajstić information content (AvgIpc) is 3.14. The van der Waals surface area contributed by atoms with Crippen LogP contribution in [-0.2, 0) is 19.6 Å². The van der Waals surface area contributed by atoms with Gasteiger partial charge in [-0.1, -0.05) is 6.92 Å². The van der Waals surface area contributed by atoms with Crippen molar-refractivity contribution in [3.05, 3.63) is 17.0 Å². The van der Waals surface area contributed by atoms with Gasteiger partial charge in [0.05, 0.1) is 5.92 Å². The van der Waals surface area contributed by atoms with Crippen molar-refractivity contribution in [3.63, 3.8) is 0 Å². The number of rotatable bonds is 4. The van der Waals surface area contributed by atoms with E-state index in [1.165, 1.54) is 15.6 Å². The van der Waals surface area contributed by atoms with Crippen LogP contribution in [0.25, 0.3) is 0 Å². The number of aryl methyl sites for hydroxylation is 1. The molecule has 3 rings (SSSR count). The van der Waals surface area contributed by atoms with Gasteiger partial charge in [0, 0.05) is 50.6 Å². The van der Waals surface area contributed by atoms with E-state index in [1.54, 1.807) is 15.9 Å². The first-order valence-corrected chi connectivity index (χ1v) is 11.7. The summed E-state index contributed by atoms with van der Waals surface area (Å²) in [6.07, 6.45) is 2.09. The third-order valence-electron chi connectivity index (χ3n) is 5.29.